The van der Waals surface area contributed by atoms with Crippen LogP contribution in [-0.4, -0.2) is 60.0 Å². The maximum atomic E-state index is 12.3. The van der Waals surface area contributed by atoms with Gasteiger partial charge in [0.1, 0.15) is 12.4 Å². The molecule has 0 N–H and O–H groups in total. The van der Waals surface area contributed by atoms with Gasteiger partial charge in [-0.05, 0) is 45.3 Å². The molecular weight excluding hydrogens is 266 g/mol. The van der Waals surface area contributed by atoms with Crippen molar-refractivity contribution in [2.45, 2.75) is 31.7 Å². The number of nitrogens with zero attached hydrogens (tertiary/aromatic N) is 3. The van der Waals surface area contributed by atoms with Crippen LogP contribution in [0.15, 0.2) is 18.5 Å². The molecule has 21 heavy (non-hydrogen) atoms. The molecular formula is C16H23N3O2. The Morgan fingerprint density at radius 1 is 1.29 bits per heavy atom. The van der Waals surface area contributed by atoms with Gasteiger partial charge in [-0.1, -0.05) is 0 Å². The number of pyridine rings is 1. The fourth-order valence-corrected chi connectivity index (χ4v) is 3.10. The number of likely N-dealkylation sites (N-methyl/N-ethyl adjacent to an activating group) is 1. The van der Waals surface area contributed by atoms with Gasteiger partial charge in [0, 0.05) is 25.3 Å². The summed E-state index contributed by atoms with van der Waals surface area (Å²) >= 11 is 0. The number of likely N-dealkylation sites (tertiary alicyclic amines) is 2. The molecule has 2 aliphatic rings. The molecule has 0 aliphatic carbocycles. The Morgan fingerprint density at radius 3 is 2.81 bits per heavy atom. The van der Waals surface area contributed by atoms with Gasteiger partial charge in [-0.3, -0.25) is 9.78 Å². The second-order valence-corrected chi connectivity index (χ2v) is 6.00. The molecule has 2 saturated heterocycles. The zero-order valence-electron chi connectivity index (χ0n) is 12.6. The Morgan fingerprint density at radius 2 is 2.10 bits per heavy atom. The number of carbonyl (C=O) groups is 1. The minimum absolute atomic E-state index is 0.0726. The average Bonchev–Trinajstić information content (AvgIpc) is 3.16. The quantitative estimate of drug-likeness (QED) is 0.848. The van der Waals surface area contributed by atoms with Gasteiger partial charge >= 0.3 is 0 Å². The standard InChI is InChI=1S/C16H23N3O2/c1-18-6-4-5-14(18)12-21-15-9-13(10-17-11-15)16(20)19-7-2-3-8-19/h9-11,14H,2-8,12H2,1H3/t14-/m0/s1. The lowest BCUT2D eigenvalue weighted by atomic mass is 10.2. The molecule has 1 aromatic heterocycles. The molecule has 1 amide bonds. The molecule has 2 fully saturated rings. The third-order valence-electron chi connectivity index (χ3n) is 4.47. The highest BCUT2D eigenvalue weighted by molar-refractivity contribution is 5.94. The first-order chi connectivity index (χ1) is 10.2. The number of hydrogen-bond donors (Lipinski definition) is 0. The lowest BCUT2D eigenvalue weighted by Crippen LogP contribution is -2.30. The topological polar surface area (TPSA) is 45.7 Å². The van der Waals surface area contributed by atoms with E-state index in [0.29, 0.717) is 24.0 Å². The van der Waals surface area contributed by atoms with Gasteiger partial charge < -0.3 is 14.5 Å². The van der Waals surface area contributed by atoms with Crippen LogP contribution in [0.1, 0.15) is 36.0 Å². The molecule has 0 radical (unpaired) electrons. The van der Waals surface area contributed by atoms with Gasteiger partial charge in [0.15, 0.2) is 0 Å². The number of carbonyl (C=O) groups excluding carboxylic acids is 1. The summed E-state index contributed by atoms with van der Waals surface area (Å²) in [5.74, 6) is 0.767. The first-order valence-electron chi connectivity index (χ1n) is 7.81. The van der Waals surface area contributed by atoms with Crippen LogP contribution < -0.4 is 4.74 Å². The molecule has 1 atom stereocenters. The summed E-state index contributed by atoms with van der Waals surface area (Å²) < 4.78 is 5.84. The highest BCUT2D eigenvalue weighted by Gasteiger charge is 2.22. The van der Waals surface area contributed by atoms with E-state index < -0.39 is 0 Å². The first kappa shape index (κ1) is 14.3. The predicted octanol–water partition coefficient (Wildman–Crippen LogP) is 1.79. The minimum atomic E-state index is 0.0726. The summed E-state index contributed by atoms with van der Waals surface area (Å²) in [4.78, 5) is 20.7. The van der Waals surface area contributed by atoms with Gasteiger partial charge in [-0.15, -0.1) is 0 Å². The number of aromatic nitrogens is 1. The Bertz CT molecular complexity index is 500. The molecule has 5 heteroatoms. The van der Waals surface area contributed by atoms with Crippen LogP contribution in [0.4, 0.5) is 0 Å². The Hall–Kier alpha value is -1.62. The SMILES string of the molecule is CN1CCC[C@H]1COc1cncc(C(=O)N2CCCC2)c1. The van der Waals surface area contributed by atoms with Crippen molar-refractivity contribution >= 4 is 5.91 Å². The lowest BCUT2D eigenvalue weighted by Gasteiger charge is -2.20. The zero-order chi connectivity index (χ0) is 14.7. The lowest BCUT2D eigenvalue weighted by molar-refractivity contribution is 0.0791. The molecule has 5 nitrogen and oxygen atoms in total. The van der Waals surface area contributed by atoms with E-state index >= 15 is 0 Å². The van der Waals surface area contributed by atoms with Crippen LogP contribution in [0.5, 0.6) is 5.75 Å². The second kappa shape index (κ2) is 6.43. The van der Waals surface area contributed by atoms with E-state index in [4.69, 9.17) is 4.74 Å². The fraction of sp³-hybridized carbons (Fsp3) is 0.625. The molecule has 1 aromatic rings. The third kappa shape index (κ3) is 3.35. The zero-order valence-corrected chi connectivity index (χ0v) is 12.6. The van der Waals surface area contributed by atoms with Crippen molar-refractivity contribution in [3.8, 4) is 5.75 Å². The van der Waals surface area contributed by atoms with Crippen molar-refractivity contribution in [1.82, 2.24) is 14.8 Å². The third-order valence-corrected chi connectivity index (χ3v) is 4.47. The Kier molecular flexibility index (Phi) is 4.39. The molecule has 3 rings (SSSR count). The summed E-state index contributed by atoms with van der Waals surface area (Å²) in [6.07, 6.45) is 7.93. The van der Waals surface area contributed by atoms with Crippen molar-refractivity contribution in [3.63, 3.8) is 0 Å². The average molecular weight is 289 g/mol. The van der Waals surface area contributed by atoms with Crippen LogP contribution in [0, 0.1) is 0 Å². The molecule has 0 spiro atoms. The van der Waals surface area contributed by atoms with E-state index in [9.17, 15) is 4.79 Å². The molecule has 0 saturated carbocycles. The maximum absolute atomic E-state index is 12.3. The molecule has 0 aromatic carbocycles. The summed E-state index contributed by atoms with van der Waals surface area (Å²) in [6, 6.07) is 2.30. The van der Waals surface area contributed by atoms with Crippen LogP contribution in [0.2, 0.25) is 0 Å². The first-order valence-corrected chi connectivity index (χ1v) is 7.81. The van der Waals surface area contributed by atoms with Crippen molar-refractivity contribution in [2.24, 2.45) is 0 Å². The van der Waals surface area contributed by atoms with E-state index in [1.165, 1.54) is 12.8 Å². The summed E-state index contributed by atoms with van der Waals surface area (Å²) in [5.41, 5.74) is 0.633. The normalized spacial score (nSPS) is 22.7. The molecule has 0 unspecified atom stereocenters. The molecule has 2 aliphatic heterocycles. The van der Waals surface area contributed by atoms with Crippen LogP contribution in [0.25, 0.3) is 0 Å². The van der Waals surface area contributed by atoms with Crippen molar-refractivity contribution < 1.29 is 9.53 Å². The largest absolute Gasteiger partial charge is 0.490 e. The van der Waals surface area contributed by atoms with Crippen molar-refractivity contribution in [2.75, 3.05) is 33.3 Å². The Balaban J connectivity index is 1.61. The van der Waals surface area contributed by atoms with E-state index in [2.05, 4.69) is 16.9 Å². The van der Waals surface area contributed by atoms with Gasteiger partial charge in [0.05, 0.1) is 11.8 Å². The smallest absolute Gasteiger partial charge is 0.255 e. The highest BCUT2D eigenvalue weighted by atomic mass is 16.5. The van der Waals surface area contributed by atoms with Gasteiger partial charge in [-0.25, -0.2) is 0 Å². The minimum Gasteiger partial charge on any atom is -0.490 e. The van der Waals surface area contributed by atoms with Crippen molar-refractivity contribution in [3.05, 3.63) is 24.0 Å². The molecule has 0 bridgehead atoms. The van der Waals surface area contributed by atoms with E-state index in [1.54, 1.807) is 12.4 Å². The molecule has 114 valence electrons. The highest BCUT2D eigenvalue weighted by Crippen LogP contribution is 2.19. The van der Waals surface area contributed by atoms with Gasteiger partial charge in [0.2, 0.25) is 0 Å². The van der Waals surface area contributed by atoms with Gasteiger partial charge in [0.25, 0.3) is 5.91 Å². The number of hydrogen-bond acceptors (Lipinski definition) is 4. The van der Waals surface area contributed by atoms with Crippen LogP contribution >= 0.6 is 0 Å². The summed E-state index contributed by atoms with van der Waals surface area (Å²) in [7, 11) is 2.13. The van der Waals surface area contributed by atoms with Crippen LogP contribution in [0.3, 0.4) is 0 Å². The predicted molar refractivity (Wildman–Crippen MR) is 80.5 cm³/mol. The second-order valence-electron chi connectivity index (χ2n) is 6.00. The van der Waals surface area contributed by atoms with E-state index in [-0.39, 0.29) is 5.91 Å². The maximum Gasteiger partial charge on any atom is 0.255 e. The van der Waals surface area contributed by atoms with E-state index in [0.717, 1.165) is 32.5 Å². The van der Waals surface area contributed by atoms with Crippen molar-refractivity contribution in [1.29, 1.82) is 0 Å². The van der Waals surface area contributed by atoms with E-state index in [1.807, 2.05) is 11.0 Å². The summed E-state index contributed by atoms with van der Waals surface area (Å²) in [5, 5.41) is 0. The summed E-state index contributed by atoms with van der Waals surface area (Å²) in [6.45, 7) is 3.52. The number of rotatable bonds is 4. The fourth-order valence-electron chi connectivity index (χ4n) is 3.10. The monoisotopic (exact) mass is 289 g/mol. The Labute approximate surface area is 125 Å². The molecule has 3 heterocycles. The van der Waals surface area contributed by atoms with Crippen LogP contribution in [-0.2, 0) is 0 Å². The van der Waals surface area contributed by atoms with Gasteiger partial charge in [-0.2, -0.15) is 0 Å². The number of ether oxygens (including phenoxy) is 1. The number of amides is 1.